The van der Waals surface area contributed by atoms with Gasteiger partial charge in [0.25, 0.3) is 0 Å². The molecule has 0 saturated carbocycles. The van der Waals surface area contributed by atoms with Gasteiger partial charge in [-0.25, -0.2) is 4.98 Å². The van der Waals surface area contributed by atoms with Crippen molar-refractivity contribution in [3.63, 3.8) is 0 Å². The molecule has 114 valence electrons. The highest BCUT2D eigenvalue weighted by Gasteiger charge is 2.16. The van der Waals surface area contributed by atoms with E-state index in [0.29, 0.717) is 0 Å². The predicted octanol–water partition coefficient (Wildman–Crippen LogP) is 4.39. The minimum absolute atomic E-state index is 0.264. The van der Waals surface area contributed by atoms with Crippen LogP contribution in [0.4, 0.5) is 0 Å². The van der Waals surface area contributed by atoms with Gasteiger partial charge in [-0.1, -0.05) is 18.5 Å². The molecule has 1 unspecified atom stereocenters. The minimum atomic E-state index is 0.264. The zero-order valence-corrected chi connectivity index (χ0v) is 14.1. The highest BCUT2D eigenvalue weighted by molar-refractivity contribution is 7.99. The van der Waals surface area contributed by atoms with Crippen LogP contribution in [0.3, 0.4) is 0 Å². The predicted molar refractivity (Wildman–Crippen MR) is 91.1 cm³/mol. The van der Waals surface area contributed by atoms with Gasteiger partial charge < -0.3 is 9.88 Å². The molecular weight excluding hydrogens is 302 g/mol. The summed E-state index contributed by atoms with van der Waals surface area (Å²) in [5.74, 6) is 2.07. The monoisotopic (exact) mass is 323 g/mol. The molecule has 0 aliphatic carbocycles. The van der Waals surface area contributed by atoms with E-state index < -0.39 is 0 Å². The average molecular weight is 324 g/mol. The van der Waals surface area contributed by atoms with Crippen LogP contribution in [0.15, 0.2) is 41.6 Å². The largest absolute Gasteiger partial charge is 0.334 e. The van der Waals surface area contributed by atoms with Gasteiger partial charge in [0.2, 0.25) is 0 Å². The number of thioether (sulfide) groups is 1. The molecule has 0 amide bonds. The molecule has 5 heteroatoms. The Hall–Kier alpha value is -0.970. The van der Waals surface area contributed by atoms with Crippen molar-refractivity contribution in [3.05, 3.63) is 47.5 Å². The second-order valence-corrected chi connectivity index (χ2v) is 6.37. The lowest BCUT2D eigenvalue weighted by Gasteiger charge is -2.19. The highest BCUT2D eigenvalue weighted by atomic mass is 35.5. The average Bonchev–Trinajstić information content (AvgIpc) is 2.97. The quantitative estimate of drug-likeness (QED) is 0.731. The number of imidazole rings is 1. The van der Waals surface area contributed by atoms with Crippen LogP contribution in [-0.4, -0.2) is 21.8 Å². The number of benzene rings is 1. The van der Waals surface area contributed by atoms with E-state index in [1.807, 2.05) is 36.3 Å². The molecule has 0 saturated heterocycles. The van der Waals surface area contributed by atoms with Crippen LogP contribution in [0, 0.1) is 0 Å². The molecule has 1 aromatic carbocycles. The summed E-state index contributed by atoms with van der Waals surface area (Å²) < 4.78 is 2.20. The third-order valence-corrected chi connectivity index (χ3v) is 4.63. The third kappa shape index (κ3) is 4.77. The fourth-order valence-electron chi connectivity index (χ4n) is 2.15. The summed E-state index contributed by atoms with van der Waals surface area (Å²) in [5.41, 5.74) is 0. The fourth-order valence-corrected chi connectivity index (χ4v) is 3.23. The van der Waals surface area contributed by atoms with Crippen LogP contribution in [-0.2, 0) is 6.54 Å². The van der Waals surface area contributed by atoms with E-state index in [2.05, 4.69) is 40.8 Å². The molecule has 0 spiro atoms. The van der Waals surface area contributed by atoms with Crippen LogP contribution in [0.25, 0.3) is 0 Å². The third-order valence-electron chi connectivity index (χ3n) is 3.27. The summed E-state index contributed by atoms with van der Waals surface area (Å²) in [6.07, 6.45) is 5.05. The maximum absolute atomic E-state index is 5.93. The topological polar surface area (TPSA) is 29.9 Å². The first-order chi connectivity index (χ1) is 10.2. The molecule has 0 fully saturated rings. The smallest absolute Gasteiger partial charge is 0.126 e. The summed E-state index contributed by atoms with van der Waals surface area (Å²) in [6, 6.07) is 8.27. The Kier molecular flexibility index (Phi) is 6.61. The standard InChI is InChI=1S/C16H22ClN3S/c1-3-9-18-15(16-19-10-11-20(16)4-2)12-21-14-7-5-13(17)6-8-14/h5-8,10-11,15,18H,3-4,9,12H2,1-2H3. The van der Waals surface area contributed by atoms with Crippen LogP contribution in [0.5, 0.6) is 0 Å². The van der Waals surface area contributed by atoms with Crippen LogP contribution in [0.2, 0.25) is 5.02 Å². The molecule has 0 radical (unpaired) electrons. The van der Waals surface area contributed by atoms with Crippen molar-refractivity contribution < 1.29 is 0 Å². The Morgan fingerprint density at radius 1 is 1.29 bits per heavy atom. The number of aromatic nitrogens is 2. The van der Waals surface area contributed by atoms with Crippen molar-refractivity contribution in [3.8, 4) is 0 Å². The van der Waals surface area contributed by atoms with Gasteiger partial charge in [-0.05, 0) is 44.2 Å². The summed E-state index contributed by atoms with van der Waals surface area (Å²) >= 11 is 7.76. The van der Waals surface area contributed by atoms with Crippen molar-refractivity contribution in [2.24, 2.45) is 0 Å². The molecule has 1 atom stereocenters. The molecule has 2 aromatic rings. The maximum atomic E-state index is 5.93. The van der Waals surface area contributed by atoms with Crippen molar-refractivity contribution in [2.75, 3.05) is 12.3 Å². The zero-order valence-electron chi connectivity index (χ0n) is 12.6. The van der Waals surface area contributed by atoms with Gasteiger partial charge in [-0.2, -0.15) is 0 Å². The van der Waals surface area contributed by atoms with E-state index in [1.54, 1.807) is 0 Å². The van der Waals surface area contributed by atoms with Crippen LogP contribution in [0.1, 0.15) is 32.1 Å². The molecule has 1 aromatic heterocycles. The first-order valence-corrected chi connectivity index (χ1v) is 8.73. The van der Waals surface area contributed by atoms with Gasteiger partial charge in [0.15, 0.2) is 0 Å². The number of nitrogens with zero attached hydrogens (tertiary/aromatic N) is 2. The van der Waals surface area contributed by atoms with Crippen molar-refractivity contribution in [1.82, 2.24) is 14.9 Å². The van der Waals surface area contributed by atoms with E-state index in [9.17, 15) is 0 Å². The number of nitrogens with one attached hydrogen (secondary N) is 1. The lowest BCUT2D eigenvalue weighted by molar-refractivity contribution is 0.523. The lowest BCUT2D eigenvalue weighted by Crippen LogP contribution is -2.27. The molecule has 0 bridgehead atoms. The molecule has 21 heavy (non-hydrogen) atoms. The number of halogens is 1. The number of rotatable bonds is 8. The molecule has 1 N–H and O–H groups in total. The van der Waals surface area contributed by atoms with E-state index in [0.717, 1.165) is 36.1 Å². The normalized spacial score (nSPS) is 12.5. The molecule has 2 rings (SSSR count). The second-order valence-electron chi connectivity index (χ2n) is 4.84. The van der Waals surface area contributed by atoms with Crippen LogP contribution >= 0.6 is 23.4 Å². The van der Waals surface area contributed by atoms with Gasteiger partial charge in [0, 0.05) is 34.6 Å². The van der Waals surface area contributed by atoms with Gasteiger partial charge in [-0.3, -0.25) is 0 Å². The lowest BCUT2D eigenvalue weighted by atomic mass is 10.3. The summed E-state index contributed by atoms with van der Waals surface area (Å²) in [6.45, 7) is 6.28. The van der Waals surface area contributed by atoms with E-state index in [1.165, 1.54) is 4.90 Å². The minimum Gasteiger partial charge on any atom is -0.334 e. The van der Waals surface area contributed by atoms with E-state index in [4.69, 9.17) is 11.6 Å². The second kappa shape index (κ2) is 8.47. The van der Waals surface area contributed by atoms with Gasteiger partial charge in [0.1, 0.15) is 5.82 Å². The van der Waals surface area contributed by atoms with E-state index >= 15 is 0 Å². The molecule has 1 heterocycles. The van der Waals surface area contributed by atoms with Gasteiger partial charge in [-0.15, -0.1) is 11.8 Å². The van der Waals surface area contributed by atoms with E-state index in [-0.39, 0.29) is 6.04 Å². The molecule has 0 aliphatic rings. The van der Waals surface area contributed by atoms with Crippen molar-refractivity contribution >= 4 is 23.4 Å². The Balaban J connectivity index is 2.04. The molecule has 3 nitrogen and oxygen atoms in total. The number of hydrogen-bond donors (Lipinski definition) is 1. The Bertz CT molecular complexity index is 539. The summed E-state index contributed by atoms with van der Waals surface area (Å²) in [4.78, 5) is 5.77. The zero-order chi connectivity index (χ0) is 15.1. The first-order valence-electron chi connectivity index (χ1n) is 7.37. The van der Waals surface area contributed by atoms with Gasteiger partial charge >= 0.3 is 0 Å². The Morgan fingerprint density at radius 3 is 2.71 bits per heavy atom. The number of hydrogen-bond acceptors (Lipinski definition) is 3. The first kappa shape index (κ1) is 16.4. The number of aryl methyl sites for hydroxylation is 1. The van der Waals surface area contributed by atoms with Crippen molar-refractivity contribution in [2.45, 2.75) is 37.8 Å². The summed E-state index contributed by atoms with van der Waals surface area (Å²) in [7, 11) is 0. The highest BCUT2D eigenvalue weighted by Crippen LogP contribution is 2.25. The molecular formula is C16H22ClN3S. The molecule has 0 aliphatic heterocycles. The maximum Gasteiger partial charge on any atom is 0.126 e. The van der Waals surface area contributed by atoms with Crippen molar-refractivity contribution in [1.29, 1.82) is 0 Å². The van der Waals surface area contributed by atoms with Crippen LogP contribution < -0.4 is 5.32 Å². The van der Waals surface area contributed by atoms with Gasteiger partial charge in [0.05, 0.1) is 6.04 Å². The Morgan fingerprint density at radius 2 is 2.05 bits per heavy atom. The fraction of sp³-hybridized carbons (Fsp3) is 0.438. The SMILES string of the molecule is CCCNC(CSc1ccc(Cl)cc1)c1nccn1CC. The Labute approximate surface area is 136 Å². The summed E-state index contributed by atoms with van der Waals surface area (Å²) in [5, 5.41) is 4.38.